The Labute approximate surface area is 114 Å². The average molecular weight is 278 g/mol. The smallest absolute Gasteiger partial charge is 0.332 e. The van der Waals surface area contributed by atoms with Crippen molar-refractivity contribution < 1.29 is 9.45 Å². The Morgan fingerprint density at radius 2 is 2.30 bits per heavy atom. The third kappa shape index (κ3) is 3.28. The maximum atomic E-state index is 11.3. The summed E-state index contributed by atoms with van der Waals surface area (Å²) in [4.78, 5) is 25.5. The van der Waals surface area contributed by atoms with Crippen molar-refractivity contribution >= 4 is 5.69 Å². The molecule has 20 heavy (non-hydrogen) atoms. The molecule has 0 amide bonds. The fourth-order valence-electron chi connectivity index (χ4n) is 1.69. The quantitative estimate of drug-likeness (QED) is 0.586. The van der Waals surface area contributed by atoms with E-state index in [1.807, 2.05) is 0 Å². The number of aromatic nitrogens is 3. The maximum absolute atomic E-state index is 11.3. The summed E-state index contributed by atoms with van der Waals surface area (Å²) in [5.74, 6) is 0.978. The van der Waals surface area contributed by atoms with Gasteiger partial charge in [-0.15, -0.1) is 0 Å². The lowest BCUT2D eigenvalue weighted by atomic mass is 10.2. The number of hydrogen-bond donors (Lipinski definition) is 0. The molecule has 0 N–H and O–H groups in total. The SMILES string of the molecule is CCCCc1noc(Cn2ccc(=O)c([N+](=O)[O-])c2)n1. The highest BCUT2D eigenvalue weighted by molar-refractivity contribution is 5.25. The van der Waals surface area contributed by atoms with Crippen LogP contribution in [-0.4, -0.2) is 19.6 Å². The third-order valence-electron chi connectivity index (χ3n) is 2.74. The van der Waals surface area contributed by atoms with Crippen molar-refractivity contribution in [2.45, 2.75) is 32.7 Å². The van der Waals surface area contributed by atoms with Gasteiger partial charge in [-0.2, -0.15) is 4.98 Å². The van der Waals surface area contributed by atoms with Crippen LogP contribution < -0.4 is 5.43 Å². The fraction of sp³-hybridized carbons (Fsp3) is 0.417. The zero-order chi connectivity index (χ0) is 14.5. The average Bonchev–Trinajstić information content (AvgIpc) is 2.86. The van der Waals surface area contributed by atoms with Crippen molar-refractivity contribution in [1.82, 2.24) is 14.7 Å². The van der Waals surface area contributed by atoms with Crippen LogP contribution in [0, 0.1) is 10.1 Å². The van der Waals surface area contributed by atoms with E-state index in [9.17, 15) is 14.9 Å². The second-order valence-electron chi connectivity index (χ2n) is 4.33. The summed E-state index contributed by atoms with van der Waals surface area (Å²) < 4.78 is 6.54. The highest BCUT2D eigenvalue weighted by Crippen LogP contribution is 2.07. The standard InChI is InChI=1S/C12H14N4O4/c1-2-3-4-11-13-12(20-14-11)8-15-6-5-10(17)9(7-15)16(18)19/h5-7H,2-4,8H2,1H3. The molecule has 0 aliphatic carbocycles. The number of aryl methyl sites for hydroxylation is 1. The number of unbranched alkanes of at least 4 members (excludes halogenated alkanes) is 1. The van der Waals surface area contributed by atoms with E-state index in [1.54, 1.807) is 0 Å². The number of nitrogens with zero attached hydrogens (tertiary/aromatic N) is 4. The molecule has 0 saturated heterocycles. The van der Waals surface area contributed by atoms with Crippen LogP contribution in [0.4, 0.5) is 5.69 Å². The second-order valence-corrected chi connectivity index (χ2v) is 4.33. The van der Waals surface area contributed by atoms with Crippen LogP contribution in [0.1, 0.15) is 31.5 Å². The first kappa shape index (κ1) is 13.9. The topological polar surface area (TPSA) is 104 Å². The van der Waals surface area contributed by atoms with Crippen molar-refractivity contribution in [2.24, 2.45) is 0 Å². The van der Waals surface area contributed by atoms with Gasteiger partial charge in [-0.05, 0) is 6.42 Å². The molecule has 0 unspecified atom stereocenters. The van der Waals surface area contributed by atoms with Gasteiger partial charge in [-0.3, -0.25) is 14.9 Å². The summed E-state index contributed by atoms with van der Waals surface area (Å²) in [6.07, 6.45) is 5.37. The van der Waals surface area contributed by atoms with Gasteiger partial charge in [0.25, 0.3) is 5.43 Å². The molecule has 0 saturated carbocycles. The number of nitro groups is 1. The van der Waals surface area contributed by atoms with Crippen molar-refractivity contribution in [3.05, 3.63) is 50.5 Å². The zero-order valence-electron chi connectivity index (χ0n) is 11.0. The van der Waals surface area contributed by atoms with Crippen molar-refractivity contribution in [1.29, 1.82) is 0 Å². The first-order valence-corrected chi connectivity index (χ1v) is 6.26. The maximum Gasteiger partial charge on any atom is 0.332 e. The molecule has 2 rings (SSSR count). The summed E-state index contributed by atoms with van der Waals surface area (Å²) in [6, 6.07) is 1.15. The fourth-order valence-corrected chi connectivity index (χ4v) is 1.69. The molecule has 106 valence electrons. The first-order chi connectivity index (χ1) is 9.60. The van der Waals surface area contributed by atoms with E-state index < -0.39 is 16.0 Å². The predicted molar refractivity (Wildman–Crippen MR) is 69.4 cm³/mol. The van der Waals surface area contributed by atoms with Crippen LogP contribution in [-0.2, 0) is 13.0 Å². The van der Waals surface area contributed by atoms with Crippen LogP contribution in [0.3, 0.4) is 0 Å². The minimum Gasteiger partial charge on any atom is -0.339 e. The predicted octanol–water partition coefficient (Wildman–Crippen LogP) is 1.53. The van der Waals surface area contributed by atoms with Crippen LogP contribution in [0.5, 0.6) is 0 Å². The number of pyridine rings is 1. The molecule has 8 nitrogen and oxygen atoms in total. The van der Waals surface area contributed by atoms with E-state index >= 15 is 0 Å². The van der Waals surface area contributed by atoms with Gasteiger partial charge in [0, 0.05) is 18.7 Å². The lowest BCUT2D eigenvalue weighted by Crippen LogP contribution is -2.11. The largest absolute Gasteiger partial charge is 0.339 e. The molecule has 0 aromatic carbocycles. The van der Waals surface area contributed by atoms with E-state index in [2.05, 4.69) is 17.1 Å². The first-order valence-electron chi connectivity index (χ1n) is 6.26. The van der Waals surface area contributed by atoms with E-state index in [1.165, 1.54) is 10.8 Å². The molecule has 0 aliphatic heterocycles. The van der Waals surface area contributed by atoms with Gasteiger partial charge in [0.2, 0.25) is 5.89 Å². The van der Waals surface area contributed by atoms with E-state index in [0.717, 1.165) is 31.5 Å². The van der Waals surface area contributed by atoms with E-state index in [4.69, 9.17) is 4.52 Å². The van der Waals surface area contributed by atoms with Gasteiger partial charge in [-0.25, -0.2) is 0 Å². The van der Waals surface area contributed by atoms with E-state index in [-0.39, 0.29) is 6.54 Å². The van der Waals surface area contributed by atoms with Crippen LogP contribution in [0.2, 0.25) is 0 Å². The van der Waals surface area contributed by atoms with Crippen molar-refractivity contribution in [3.8, 4) is 0 Å². The monoisotopic (exact) mass is 278 g/mol. The molecular weight excluding hydrogens is 264 g/mol. The molecule has 2 aromatic heterocycles. The van der Waals surface area contributed by atoms with Crippen LogP contribution >= 0.6 is 0 Å². The normalized spacial score (nSPS) is 10.7. The summed E-state index contributed by atoms with van der Waals surface area (Å²) in [5.41, 5.74) is -1.10. The lowest BCUT2D eigenvalue weighted by molar-refractivity contribution is -0.386. The molecule has 2 heterocycles. The van der Waals surface area contributed by atoms with Gasteiger partial charge in [-0.1, -0.05) is 18.5 Å². The Morgan fingerprint density at radius 1 is 1.50 bits per heavy atom. The summed E-state index contributed by atoms with van der Waals surface area (Å²) in [7, 11) is 0. The minimum absolute atomic E-state index is 0.195. The Balaban J connectivity index is 2.13. The molecule has 0 aliphatic rings. The molecule has 0 spiro atoms. The van der Waals surface area contributed by atoms with Gasteiger partial charge in [0.15, 0.2) is 5.82 Å². The molecule has 0 fully saturated rings. The van der Waals surface area contributed by atoms with Gasteiger partial charge in [0.05, 0.1) is 11.1 Å². The summed E-state index contributed by atoms with van der Waals surface area (Å²) >= 11 is 0. The van der Waals surface area contributed by atoms with Crippen molar-refractivity contribution in [2.75, 3.05) is 0 Å². The molecule has 8 heteroatoms. The summed E-state index contributed by atoms with van der Waals surface area (Å²) in [5, 5.41) is 14.5. The molecular formula is C12H14N4O4. The minimum atomic E-state index is -0.709. The Morgan fingerprint density at radius 3 is 3.00 bits per heavy atom. The zero-order valence-corrected chi connectivity index (χ0v) is 11.0. The van der Waals surface area contributed by atoms with Crippen LogP contribution in [0.25, 0.3) is 0 Å². The van der Waals surface area contributed by atoms with Gasteiger partial charge >= 0.3 is 5.69 Å². The van der Waals surface area contributed by atoms with Crippen LogP contribution in [0.15, 0.2) is 27.8 Å². The van der Waals surface area contributed by atoms with Gasteiger partial charge < -0.3 is 9.09 Å². The molecule has 0 radical (unpaired) electrons. The van der Waals surface area contributed by atoms with Gasteiger partial charge in [0.1, 0.15) is 6.54 Å². The highest BCUT2D eigenvalue weighted by atomic mass is 16.6. The van der Waals surface area contributed by atoms with Crippen molar-refractivity contribution in [3.63, 3.8) is 0 Å². The lowest BCUT2D eigenvalue weighted by Gasteiger charge is -2.01. The summed E-state index contributed by atoms with van der Waals surface area (Å²) in [6.45, 7) is 2.26. The molecule has 0 atom stereocenters. The second kappa shape index (κ2) is 6.09. The third-order valence-corrected chi connectivity index (χ3v) is 2.74. The highest BCUT2D eigenvalue weighted by Gasteiger charge is 2.13. The number of hydrogen-bond acceptors (Lipinski definition) is 6. The van der Waals surface area contributed by atoms with E-state index in [0.29, 0.717) is 11.7 Å². The Bertz CT molecular complexity index is 661. The molecule has 0 bridgehead atoms. The Kier molecular flexibility index (Phi) is 4.24. The number of rotatable bonds is 6. The molecule has 2 aromatic rings. The Hall–Kier alpha value is -2.51.